The Hall–Kier alpha value is -3.71. The van der Waals surface area contributed by atoms with E-state index in [9.17, 15) is 14.7 Å². The molecule has 0 unspecified atom stereocenters. The average molecular weight is 572 g/mol. The van der Waals surface area contributed by atoms with Crippen LogP contribution in [-0.4, -0.2) is 35.7 Å². The number of aryl methyl sites for hydroxylation is 3. The molecule has 220 valence electrons. The van der Waals surface area contributed by atoms with Gasteiger partial charge in [0, 0.05) is 28.9 Å². The molecule has 0 spiro atoms. The molecule has 0 radical (unpaired) electrons. The summed E-state index contributed by atoms with van der Waals surface area (Å²) in [4.78, 5) is 28.5. The third-order valence-electron chi connectivity index (χ3n) is 8.79. The average Bonchev–Trinajstić information content (AvgIpc) is 3.59. The van der Waals surface area contributed by atoms with E-state index in [-0.39, 0.29) is 11.7 Å². The number of hydrogen-bond donors (Lipinski definition) is 1. The van der Waals surface area contributed by atoms with Gasteiger partial charge in [0.15, 0.2) is 17.7 Å². The van der Waals surface area contributed by atoms with Crippen LogP contribution in [0.15, 0.2) is 30.3 Å². The molecule has 6 rings (SSSR count). The van der Waals surface area contributed by atoms with Crippen molar-refractivity contribution >= 4 is 17.6 Å². The van der Waals surface area contributed by atoms with Crippen molar-refractivity contribution in [1.82, 2.24) is 0 Å². The van der Waals surface area contributed by atoms with Crippen LogP contribution >= 0.6 is 0 Å². The van der Waals surface area contributed by atoms with Crippen LogP contribution in [-0.2, 0) is 35.2 Å². The Morgan fingerprint density at radius 2 is 1.76 bits per heavy atom. The summed E-state index contributed by atoms with van der Waals surface area (Å²) in [6.45, 7) is 10.2. The van der Waals surface area contributed by atoms with E-state index in [1.165, 1.54) is 17.2 Å². The number of carbonyl (C=O) groups excluding carboxylic acids is 1. The summed E-state index contributed by atoms with van der Waals surface area (Å²) in [5.74, 6) is -1.37. The van der Waals surface area contributed by atoms with Crippen LogP contribution in [0.4, 0.5) is 10.1 Å². The molecule has 0 aromatic heterocycles. The number of carbonyl (C=O) groups is 2. The highest BCUT2D eigenvalue weighted by molar-refractivity contribution is 6.08. The van der Waals surface area contributed by atoms with Crippen LogP contribution in [0.1, 0.15) is 89.0 Å². The van der Waals surface area contributed by atoms with Gasteiger partial charge < -0.3 is 19.5 Å². The summed E-state index contributed by atoms with van der Waals surface area (Å²) in [5.41, 5.74) is 8.17. The quantitative estimate of drug-likeness (QED) is 0.355. The molecule has 6 nitrogen and oxygen atoms in total. The van der Waals surface area contributed by atoms with Crippen molar-refractivity contribution in [1.29, 1.82) is 0 Å². The third kappa shape index (κ3) is 4.87. The fraction of sp³-hybridized carbons (Fsp3) is 0.429. The molecule has 3 aromatic carbocycles. The number of carboxylic acids is 1. The molecule has 3 aliphatic rings. The molecule has 0 bridgehead atoms. The number of carboxylic acid groups (broad SMARTS) is 1. The smallest absolute Gasteiger partial charge is 0.337 e. The molecule has 1 amide bonds. The molecular weight excluding hydrogens is 533 g/mol. The van der Waals surface area contributed by atoms with Gasteiger partial charge in [0.1, 0.15) is 0 Å². The normalized spacial score (nSPS) is 16.5. The van der Waals surface area contributed by atoms with Crippen molar-refractivity contribution in [3.63, 3.8) is 0 Å². The Balaban J connectivity index is 1.56. The number of rotatable bonds is 5. The first-order valence-corrected chi connectivity index (χ1v) is 14.9. The highest BCUT2D eigenvalue weighted by Crippen LogP contribution is 2.48. The van der Waals surface area contributed by atoms with E-state index in [2.05, 4.69) is 6.07 Å². The first-order valence-electron chi connectivity index (χ1n) is 14.9. The number of anilines is 1. The minimum absolute atomic E-state index is 0.0796. The number of fused-ring (bicyclic) bond motifs is 3. The fourth-order valence-electron chi connectivity index (χ4n) is 6.92. The summed E-state index contributed by atoms with van der Waals surface area (Å²) in [7, 11) is 0. The van der Waals surface area contributed by atoms with E-state index in [0.717, 1.165) is 48.1 Å². The second kappa shape index (κ2) is 10.5. The van der Waals surface area contributed by atoms with Crippen LogP contribution in [0.5, 0.6) is 5.75 Å². The minimum atomic E-state index is -1.28. The number of benzene rings is 3. The zero-order chi connectivity index (χ0) is 29.9. The van der Waals surface area contributed by atoms with Crippen LogP contribution in [0, 0.1) is 19.7 Å². The summed E-state index contributed by atoms with van der Waals surface area (Å²) in [6.07, 6.45) is 3.84. The van der Waals surface area contributed by atoms with E-state index in [1.807, 2.05) is 52.8 Å². The third-order valence-corrected chi connectivity index (χ3v) is 8.79. The Bertz CT molecular complexity index is 1620. The lowest BCUT2D eigenvalue weighted by Gasteiger charge is -2.30. The highest BCUT2D eigenvalue weighted by atomic mass is 19.1. The Morgan fingerprint density at radius 3 is 2.50 bits per heavy atom. The molecule has 0 saturated heterocycles. The maximum atomic E-state index is 15.6. The fourth-order valence-corrected chi connectivity index (χ4v) is 6.92. The lowest BCUT2D eigenvalue weighted by atomic mass is 9.83. The largest absolute Gasteiger partial charge is 0.490 e. The van der Waals surface area contributed by atoms with Crippen LogP contribution in [0.3, 0.4) is 0 Å². The van der Waals surface area contributed by atoms with Crippen molar-refractivity contribution < 1.29 is 28.6 Å². The molecule has 0 saturated carbocycles. The van der Waals surface area contributed by atoms with Gasteiger partial charge in [-0.3, -0.25) is 4.79 Å². The van der Waals surface area contributed by atoms with E-state index in [1.54, 1.807) is 4.90 Å². The Morgan fingerprint density at radius 1 is 1.00 bits per heavy atom. The number of ether oxygens (including phenoxy) is 2. The Labute approximate surface area is 246 Å². The van der Waals surface area contributed by atoms with Crippen molar-refractivity contribution in [2.75, 3.05) is 18.1 Å². The van der Waals surface area contributed by atoms with Gasteiger partial charge in [-0.2, -0.15) is 0 Å². The van der Waals surface area contributed by atoms with Crippen molar-refractivity contribution in [2.45, 2.75) is 84.8 Å². The van der Waals surface area contributed by atoms with Crippen LogP contribution in [0.2, 0.25) is 0 Å². The van der Waals surface area contributed by atoms with Gasteiger partial charge in [0.25, 0.3) is 5.91 Å². The number of nitrogens with zero attached hydrogens (tertiary/aromatic N) is 1. The molecule has 2 aliphatic heterocycles. The van der Waals surface area contributed by atoms with Gasteiger partial charge >= 0.3 is 5.97 Å². The molecule has 1 N–H and O–H groups in total. The summed E-state index contributed by atoms with van der Waals surface area (Å²) >= 11 is 0. The molecule has 42 heavy (non-hydrogen) atoms. The van der Waals surface area contributed by atoms with Gasteiger partial charge in [-0.1, -0.05) is 6.07 Å². The maximum absolute atomic E-state index is 15.6. The predicted molar refractivity (Wildman–Crippen MR) is 160 cm³/mol. The van der Waals surface area contributed by atoms with Gasteiger partial charge in [-0.05, 0) is 136 Å². The lowest BCUT2D eigenvalue weighted by Crippen LogP contribution is -2.30. The first-order chi connectivity index (χ1) is 19.9. The van der Waals surface area contributed by atoms with Crippen molar-refractivity contribution in [3.8, 4) is 16.9 Å². The molecule has 1 aliphatic carbocycles. The molecule has 1 atom stereocenters. The van der Waals surface area contributed by atoms with E-state index >= 15 is 4.39 Å². The highest BCUT2D eigenvalue weighted by Gasteiger charge is 2.37. The SMILES string of the molecule is Cc1cc2c(c(-c3cc(F)c4c(c3C)CCCO4)c1[C@H](OC(C)(C)C)C(=O)O)CCN2C(=O)c1ccc2c(c1)CCC2. The van der Waals surface area contributed by atoms with E-state index in [4.69, 9.17) is 9.47 Å². The van der Waals surface area contributed by atoms with Crippen LogP contribution < -0.4 is 9.64 Å². The molecular formula is C35H38FNO5. The standard InChI is InChI=1S/C35H38FNO5/c1-19-16-28-25(13-14-37(28)33(38)23-12-11-21-8-6-9-22(21)17-23)30(29(19)32(34(39)40)42-35(3,4)5)26-18-27(36)31-24(20(26)2)10-7-15-41-31/h11-12,16-18,32H,6-10,13-15H2,1-5H3,(H,39,40)/t32-/m0/s1. The monoisotopic (exact) mass is 571 g/mol. The summed E-state index contributed by atoms with van der Waals surface area (Å²) in [6, 6.07) is 9.37. The van der Waals surface area contributed by atoms with Gasteiger partial charge in [-0.25, -0.2) is 9.18 Å². The second-order valence-electron chi connectivity index (χ2n) is 12.8. The maximum Gasteiger partial charge on any atom is 0.337 e. The molecule has 0 fully saturated rings. The van der Waals surface area contributed by atoms with Gasteiger partial charge in [-0.15, -0.1) is 0 Å². The number of amides is 1. The lowest BCUT2D eigenvalue weighted by molar-refractivity contribution is -0.160. The van der Waals surface area contributed by atoms with Crippen LogP contribution in [0.25, 0.3) is 11.1 Å². The summed E-state index contributed by atoms with van der Waals surface area (Å²) in [5, 5.41) is 10.4. The first kappa shape index (κ1) is 28.4. The molecule has 7 heteroatoms. The topological polar surface area (TPSA) is 76.1 Å². The molecule has 2 heterocycles. The molecule has 3 aromatic rings. The van der Waals surface area contributed by atoms with Gasteiger partial charge in [0.05, 0.1) is 12.2 Å². The number of hydrogen-bond acceptors (Lipinski definition) is 4. The van der Waals surface area contributed by atoms with E-state index in [0.29, 0.717) is 53.8 Å². The van der Waals surface area contributed by atoms with Gasteiger partial charge in [0.2, 0.25) is 0 Å². The zero-order valence-electron chi connectivity index (χ0n) is 25.0. The number of aliphatic carboxylic acids is 1. The van der Waals surface area contributed by atoms with E-state index < -0.39 is 23.5 Å². The zero-order valence-corrected chi connectivity index (χ0v) is 25.0. The number of halogens is 1. The van der Waals surface area contributed by atoms with Crippen molar-refractivity contribution in [3.05, 3.63) is 80.7 Å². The minimum Gasteiger partial charge on any atom is -0.490 e. The predicted octanol–water partition coefficient (Wildman–Crippen LogP) is 7.07. The Kier molecular flexibility index (Phi) is 7.12. The second-order valence-corrected chi connectivity index (χ2v) is 12.8. The van der Waals surface area contributed by atoms with Crippen molar-refractivity contribution in [2.24, 2.45) is 0 Å². The summed E-state index contributed by atoms with van der Waals surface area (Å²) < 4.78 is 27.5.